The second-order valence-electron chi connectivity index (χ2n) is 7.03. The first-order valence-corrected chi connectivity index (χ1v) is 10.1. The molecule has 1 aliphatic rings. The number of benzene rings is 2. The minimum absolute atomic E-state index is 0.152. The monoisotopic (exact) mass is 439 g/mol. The van der Waals surface area contributed by atoms with E-state index in [0.29, 0.717) is 18.8 Å². The Labute approximate surface area is 172 Å². The number of carbonyl (C=O) groups excluding carboxylic acids is 1. The SMILES string of the molecule is Cc1ccc2nc(C)c(C(=O)Nc3cc(Br)ccc3N3CCOCC3)cc2c1. The lowest BCUT2D eigenvalue weighted by atomic mass is 10.1. The van der Waals surface area contributed by atoms with Crippen LogP contribution >= 0.6 is 15.9 Å². The van der Waals surface area contributed by atoms with Crippen molar-refractivity contribution in [2.45, 2.75) is 13.8 Å². The summed E-state index contributed by atoms with van der Waals surface area (Å²) in [6, 6.07) is 14.0. The van der Waals surface area contributed by atoms with E-state index in [1.165, 1.54) is 0 Å². The Hall–Kier alpha value is -2.44. The van der Waals surface area contributed by atoms with Crippen molar-refractivity contribution >= 4 is 44.1 Å². The lowest BCUT2D eigenvalue weighted by Gasteiger charge is -2.30. The number of morpholine rings is 1. The molecule has 2 aromatic carbocycles. The van der Waals surface area contributed by atoms with Crippen molar-refractivity contribution in [3.05, 3.63) is 63.8 Å². The number of nitrogens with one attached hydrogen (secondary N) is 1. The molecule has 2 heterocycles. The van der Waals surface area contributed by atoms with Crippen LogP contribution < -0.4 is 10.2 Å². The molecule has 0 radical (unpaired) electrons. The molecule has 0 unspecified atom stereocenters. The van der Waals surface area contributed by atoms with Gasteiger partial charge in [-0.2, -0.15) is 0 Å². The van der Waals surface area contributed by atoms with Gasteiger partial charge in [0.1, 0.15) is 0 Å². The second-order valence-corrected chi connectivity index (χ2v) is 7.95. The average molecular weight is 440 g/mol. The number of nitrogens with zero attached hydrogens (tertiary/aromatic N) is 2. The van der Waals surface area contributed by atoms with Gasteiger partial charge in [-0.1, -0.05) is 27.6 Å². The molecule has 1 aromatic heterocycles. The molecular formula is C22H22BrN3O2. The summed E-state index contributed by atoms with van der Waals surface area (Å²) >= 11 is 3.51. The van der Waals surface area contributed by atoms with Gasteiger partial charge < -0.3 is 15.0 Å². The first-order valence-electron chi connectivity index (χ1n) is 9.33. The Morgan fingerprint density at radius 2 is 1.89 bits per heavy atom. The minimum Gasteiger partial charge on any atom is -0.378 e. The van der Waals surface area contributed by atoms with E-state index >= 15 is 0 Å². The Kier molecular flexibility index (Phi) is 5.33. The van der Waals surface area contributed by atoms with Gasteiger partial charge in [-0.15, -0.1) is 0 Å². The summed E-state index contributed by atoms with van der Waals surface area (Å²) in [5.74, 6) is -0.152. The fraction of sp³-hybridized carbons (Fsp3) is 0.273. The van der Waals surface area contributed by atoms with Gasteiger partial charge in [-0.25, -0.2) is 0 Å². The molecule has 28 heavy (non-hydrogen) atoms. The maximum atomic E-state index is 13.1. The first-order chi connectivity index (χ1) is 13.5. The molecule has 6 heteroatoms. The largest absolute Gasteiger partial charge is 0.378 e. The van der Waals surface area contributed by atoms with Crippen molar-refractivity contribution in [1.29, 1.82) is 0 Å². The number of ether oxygens (including phenoxy) is 1. The summed E-state index contributed by atoms with van der Waals surface area (Å²) in [6.45, 7) is 6.90. The fourth-order valence-corrected chi connectivity index (χ4v) is 3.86. The number of halogens is 1. The second kappa shape index (κ2) is 7.89. The predicted molar refractivity (Wildman–Crippen MR) is 116 cm³/mol. The van der Waals surface area contributed by atoms with Crippen molar-refractivity contribution in [2.24, 2.45) is 0 Å². The van der Waals surface area contributed by atoms with E-state index in [1.807, 2.05) is 50.2 Å². The normalized spacial score (nSPS) is 14.3. The van der Waals surface area contributed by atoms with Gasteiger partial charge in [-0.05, 0) is 50.2 Å². The van der Waals surface area contributed by atoms with Gasteiger partial charge in [0.15, 0.2) is 0 Å². The predicted octanol–water partition coefficient (Wildman–Crippen LogP) is 4.70. The summed E-state index contributed by atoms with van der Waals surface area (Å²) in [5.41, 5.74) is 5.14. The average Bonchev–Trinajstić information content (AvgIpc) is 2.68. The van der Waals surface area contributed by atoms with E-state index < -0.39 is 0 Å². The Balaban J connectivity index is 1.67. The number of hydrogen-bond acceptors (Lipinski definition) is 4. The molecule has 1 N–H and O–H groups in total. The Bertz CT molecular complexity index is 1050. The third kappa shape index (κ3) is 3.88. The molecular weight excluding hydrogens is 418 g/mol. The highest BCUT2D eigenvalue weighted by Crippen LogP contribution is 2.31. The summed E-state index contributed by atoms with van der Waals surface area (Å²) in [7, 11) is 0. The van der Waals surface area contributed by atoms with Crippen molar-refractivity contribution < 1.29 is 9.53 Å². The van der Waals surface area contributed by atoms with E-state index in [-0.39, 0.29) is 5.91 Å². The van der Waals surface area contributed by atoms with Crippen LogP contribution in [0.4, 0.5) is 11.4 Å². The minimum atomic E-state index is -0.152. The maximum Gasteiger partial charge on any atom is 0.257 e. The molecule has 4 rings (SSSR count). The van der Waals surface area contributed by atoms with Gasteiger partial charge in [0.05, 0.1) is 41.4 Å². The lowest BCUT2D eigenvalue weighted by Crippen LogP contribution is -2.36. The third-order valence-electron chi connectivity index (χ3n) is 4.96. The van der Waals surface area contributed by atoms with E-state index in [4.69, 9.17) is 4.74 Å². The quantitative estimate of drug-likeness (QED) is 0.642. The molecule has 0 spiro atoms. The zero-order valence-electron chi connectivity index (χ0n) is 16.0. The summed E-state index contributed by atoms with van der Waals surface area (Å²) in [6.07, 6.45) is 0. The Morgan fingerprint density at radius 3 is 2.68 bits per heavy atom. The van der Waals surface area contributed by atoms with Crippen LogP contribution in [-0.4, -0.2) is 37.2 Å². The highest BCUT2D eigenvalue weighted by molar-refractivity contribution is 9.10. The van der Waals surface area contributed by atoms with Gasteiger partial charge in [0.25, 0.3) is 5.91 Å². The van der Waals surface area contributed by atoms with Crippen LogP contribution in [0.15, 0.2) is 46.9 Å². The number of aryl methyl sites for hydroxylation is 2. The molecule has 0 aliphatic carbocycles. The number of pyridine rings is 1. The van der Waals surface area contributed by atoms with Crippen LogP contribution in [0, 0.1) is 13.8 Å². The molecule has 1 aliphatic heterocycles. The number of carbonyl (C=O) groups is 1. The van der Waals surface area contributed by atoms with E-state index in [1.54, 1.807) is 0 Å². The fourth-order valence-electron chi connectivity index (χ4n) is 3.50. The number of anilines is 2. The van der Waals surface area contributed by atoms with Gasteiger partial charge in [0, 0.05) is 22.9 Å². The lowest BCUT2D eigenvalue weighted by molar-refractivity contribution is 0.102. The van der Waals surface area contributed by atoms with E-state index in [9.17, 15) is 4.79 Å². The molecule has 0 bridgehead atoms. The zero-order valence-corrected chi connectivity index (χ0v) is 17.5. The van der Waals surface area contributed by atoms with Gasteiger partial charge in [-0.3, -0.25) is 9.78 Å². The number of aromatic nitrogens is 1. The molecule has 1 saturated heterocycles. The molecule has 0 atom stereocenters. The van der Waals surface area contributed by atoms with Crippen LogP contribution in [0.2, 0.25) is 0 Å². The first kappa shape index (κ1) is 18.9. The van der Waals surface area contributed by atoms with Crippen molar-refractivity contribution in [2.75, 3.05) is 36.5 Å². The highest BCUT2D eigenvalue weighted by atomic mass is 79.9. The summed E-state index contributed by atoms with van der Waals surface area (Å²) < 4.78 is 6.38. The molecule has 5 nitrogen and oxygen atoms in total. The number of fused-ring (bicyclic) bond motifs is 1. The maximum absolute atomic E-state index is 13.1. The standard InChI is InChI=1S/C22H22BrN3O2/c1-14-3-5-19-16(11-14)12-18(15(2)24-19)22(27)25-20-13-17(23)4-6-21(20)26-7-9-28-10-8-26/h3-6,11-13H,7-10H2,1-2H3,(H,25,27). The molecule has 3 aromatic rings. The smallest absolute Gasteiger partial charge is 0.257 e. The molecule has 1 amide bonds. The van der Waals surface area contributed by atoms with E-state index in [0.717, 1.165) is 51.1 Å². The third-order valence-corrected chi connectivity index (χ3v) is 5.46. The highest BCUT2D eigenvalue weighted by Gasteiger charge is 2.18. The van der Waals surface area contributed by atoms with Crippen LogP contribution in [0.3, 0.4) is 0 Å². The van der Waals surface area contributed by atoms with Crippen molar-refractivity contribution in [3.8, 4) is 0 Å². The summed E-state index contributed by atoms with van der Waals surface area (Å²) in [5, 5.41) is 4.06. The zero-order chi connectivity index (χ0) is 19.7. The van der Waals surface area contributed by atoms with Crippen LogP contribution in [0.25, 0.3) is 10.9 Å². The molecule has 144 valence electrons. The van der Waals surface area contributed by atoms with Crippen LogP contribution in [-0.2, 0) is 4.74 Å². The topological polar surface area (TPSA) is 54.5 Å². The number of amides is 1. The van der Waals surface area contributed by atoms with Gasteiger partial charge >= 0.3 is 0 Å². The molecule has 0 saturated carbocycles. The Morgan fingerprint density at radius 1 is 1.11 bits per heavy atom. The van der Waals surface area contributed by atoms with Crippen molar-refractivity contribution in [3.63, 3.8) is 0 Å². The van der Waals surface area contributed by atoms with Crippen LogP contribution in [0.1, 0.15) is 21.6 Å². The van der Waals surface area contributed by atoms with E-state index in [2.05, 4.69) is 37.2 Å². The summed E-state index contributed by atoms with van der Waals surface area (Å²) in [4.78, 5) is 19.9. The van der Waals surface area contributed by atoms with Crippen molar-refractivity contribution in [1.82, 2.24) is 4.98 Å². The van der Waals surface area contributed by atoms with Gasteiger partial charge in [0.2, 0.25) is 0 Å². The number of rotatable bonds is 3. The van der Waals surface area contributed by atoms with Crippen LogP contribution in [0.5, 0.6) is 0 Å². The number of hydrogen-bond donors (Lipinski definition) is 1. The molecule has 1 fully saturated rings.